The number of aromatic nitrogens is 3. The van der Waals surface area contributed by atoms with Crippen LogP contribution in [0, 0.1) is 29.6 Å². The highest BCUT2D eigenvalue weighted by Gasteiger charge is 2.47. The second kappa shape index (κ2) is 4.39. The minimum Gasteiger partial charge on any atom is -0.368 e. The molecule has 0 aromatic carbocycles. The highest BCUT2D eigenvalue weighted by molar-refractivity contribution is 5.29. The number of nitrogens with zero attached hydrogens (tertiary/aromatic N) is 2. The van der Waals surface area contributed by atoms with E-state index in [1.165, 1.54) is 38.5 Å². The van der Waals surface area contributed by atoms with E-state index in [9.17, 15) is 0 Å². The fraction of sp³-hybridized carbons (Fsp3) is 0.857. The van der Waals surface area contributed by atoms with Gasteiger partial charge in [-0.1, -0.05) is 0 Å². The summed E-state index contributed by atoms with van der Waals surface area (Å²) in [6.07, 6.45) is 8.82. The lowest BCUT2D eigenvalue weighted by Gasteiger charge is -2.54. The zero-order valence-corrected chi connectivity index (χ0v) is 11.3. The van der Waals surface area contributed by atoms with E-state index < -0.39 is 0 Å². The van der Waals surface area contributed by atoms with Gasteiger partial charge in [0.25, 0.3) is 0 Å². The lowest BCUT2D eigenvalue weighted by molar-refractivity contribution is -0.0381. The minimum absolute atomic E-state index is 0.386. The van der Waals surface area contributed by atoms with Crippen LogP contribution in [0.15, 0.2) is 0 Å². The molecule has 19 heavy (non-hydrogen) atoms. The fourth-order valence-corrected chi connectivity index (χ4v) is 5.21. The highest BCUT2D eigenvalue weighted by atomic mass is 15.3. The molecule has 4 aliphatic carbocycles. The molecule has 1 heterocycles. The largest absolute Gasteiger partial charge is 0.368 e. The number of rotatable bonds is 4. The molecule has 1 aromatic heterocycles. The summed E-state index contributed by atoms with van der Waals surface area (Å²) in [7, 11) is 0. The molecule has 4 aliphatic rings. The van der Waals surface area contributed by atoms with Crippen molar-refractivity contribution in [3.63, 3.8) is 0 Å². The van der Waals surface area contributed by atoms with E-state index in [1.807, 2.05) is 0 Å². The van der Waals surface area contributed by atoms with Crippen LogP contribution in [0.2, 0.25) is 0 Å². The molecule has 0 radical (unpaired) electrons. The maximum Gasteiger partial charge on any atom is 0.243 e. The quantitative estimate of drug-likeness (QED) is 0.776. The monoisotopic (exact) mass is 261 g/mol. The molecule has 1 aromatic rings. The Kier molecular flexibility index (Phi) is 2.67. The third kappa shape index (κ3) is 2.09. The smallest absolute Gasteiger partial charge is 0.243 e. The molecule has 0 unspecified atom stereocenters. The van der Waals surface area contributed by atoms with Gasteiger partial charge in [0.1, 0.15) is 0 Å². The first-order valence-corrected chi connectivity index (χ1v) is 7.69. The normalized spacial score (nSPS) is 39.7. The third-order valence-corrected chi connectivity index (χ3v) is 5.69. The Bertz CT molecular complexity index is 426. The average molecular weight is 261 g/mol. The van der Waals surface area contributed by atoms with Crippen LogP contribution in [-0.2, 0) is 0 Å². The van der Waals surface area contributed by atoms with E-state index in [0.717, 1.165) is 36.1 Å². The lowest BCUT2D eigenvalue weighted by atomic mass is 9.51. The molecular weight excluding hydrogens is 238 g/mol. The number of nitrogens with two attached hydrogens (primary N) is 1. The topological polar surface area (TPSA) is 79.6 Å². The summed E-state index contributed by atoms with van der Waals surface area (Å²) in [5.74, 6) is 6.12. The Hall–Kier alpha value is -1.26. The molecule has 4 bridgehead atoms. The molecule has 0 atom stereocenters. The summed E-state index contributed by atoms with van der Waals surface area (Å²) in [4.78, 5) is 4.08. The molecule has 4 saturated carbocycles. The number of hydrogen-bond donors (Lipinski definition) is 3. The standard InChI is InChI=1S/C14H23N5/c15-13-17-14(19-18-13)16-2-1-12-10-4-8-3-9(6-10)7-11(12)5-8/h8-12H,1-7H2,(H4,15,16,17,18,19). The number of H-pyrrole nitrogens is 1. The van der Waals surface area contributed by atoms with Crippen LogP contribution in [0.4, 0.5) is 11.9 Å². The lowest BCUT2D eigenvalue weighted by Crippen LogP contribution is -2.45. The first-order chi connectivity index (χ1) is 9.28. The number of anilines is 2. The van der Waals surface area contributed by atoms with Crippen molar-refractivity contribution in [1.82, 2.24) is 15.2 Å². The Morgan fingerprint density at radius 1 is 1.11 bits per heavy atom. The van der Waals surface area contributed by atoms with Crippen molar-refractivity contribution >= 4 is 11.9 Å². The zero-order valence-electron chi connectivity index (χ0n) is 11.3. The van der Waals surface area contributed by atoms with Crippen LogP contribution in [0.1, 0.15) is 38.5 Å². The van der Waals surface area contributed by atoms with E-state index in [1.54, 1.807) is 0 Å². The summed E-state index contributed by atoms with van der Waals surface area (Å²) in [5, 5.41) is 9.97. The van der Waals surface area contributed by atoms with Gasteiger partial charge in [-0.2, -0.15) is 4.98 Å². The molecule has 4 fully saturated rings. The van der Waals surface area contributed by atoms with Crippen molar-refractivity contribution in [2.45, 2.75) is 38.5 Å². The van der Waals surface area contributed by atoms with Gasteiger partial charge in [0.05, 0.1) is 0 Å². The van der Waals surface area contributed by atoms with Crippen molar-refractivity contribution in [3.05, 3.63) is 0 Å². The minimum atomic E-state index is 0.386. The van der Waals surface area contributed by atoms with Gasteiger partial charge >= 0.3 is 0 Å². The maximum absolute atomic E-state index is 5.52. The highest BCUT2D eigenvalue weighted by Crippen LogP contribution is 2.57. The summed E-state index contributed by atoms with van der Waals surface area (Å²) in [6, 6.07) is 0. The van der Waals surface area contributed by atoms with E-state index in [4.69, 9.17) is 5.73 Å². The van der Waals surface area contributed by atoms with Gasteiger partial charge in [-0.25, -0.2) is 5.10 Å². The van der Waals surface area contributed by atoms with Crippen molar-refractivity contribution in [2.75, 3.05) is 17.6 Å². The van der Waals surface area contributed by atoms with Gasteiger partial charge in [-0.3, -0.25) is 0 Å². The Morgan fingerprint density at radius 2 is 1.79 bits per heavy atom. The van der Waals surface area contributed by atoms with Crippen molar-refractivity contribution in [1.29, 1.82) is 0 Å². The summed E-state index contributed by atoms with van der Waals surface area (Å²) in [6.45, 7) is 0.976. The molecule has 104 valence electrons. The van der Waals surface area contributed by atoms with E-state index >= 15 is 0 Å². The molecule has 5 rings (SSSR count). The molecule has 0 amide bonds. The van der Waals surface area contributed by atoms with Gasteiger partial charge in [-0.05, 0) is 68.1 Å². The second-order valence-corrected chi connectivity index (χ2v) is 6.85. The first kappa shape index (κ1) is 11.6. The average Bonchev–Trinajstić information content (AvgIpc) is 2.78. The van der Waals surface area contributed by atoms with Gasteiger partial charge < -0.3 is 11.1 Å². The van der Waals surface area contributed by atoms with E-state index in [-0.39, 0.29) is 0 Å². The van der Waals surface area contributed by atoms with Crippen molar-refractivity contribution in [2.24, 2.45) is 29.6 Å². The third-order valence-electron chi connectivity index (χ3n) is 5.69. The van der Waals surface area contributed by atoms with Gasteiger partial charge in [0.15, 0.2) is 0 Å². The first-order valence-electron chi connectivity index (χ1n) is 7.69. The van der Waals surface area contributed by atoms with Crippen molar-refractivity contribution in [3.8, 4) is 0 Å². The number of nitrogen functional groups attached to an aromatic ring is 1. The van der Waals surface area contributed by atoms with Crippen LogP contribution >= 0.6 is 0 Å². The zero-order chi connectivity index (χ0) is 12.8. The Balaban J connectivity index is 1.33. The van der Waals surface area contributed by atoms with Crippen molar-refractivity contribution < 1.29 is 0 Å². The fourth-order valence-electron chi connectivity index (χ4n) is 5.21. The predicted octanol–water partition coefficient (Wildman–Crippen LogP) is 2.26. The van der Waals surface area contributed by atoms with Crippen LogP contribution < -0.4 is 11.1 Å². The number of nitrogens with one attached hydrogen (secondary N) is 2. The van der Waals surface area contributed by atoms with Gasteiger partial charge in [0.2, 0.25) is 11.9 Å². The molecule has 5 heteroatoms. The van der Waals surface area contributed by atoms with E-state index in [0.29, 0.717) is 11.9 Å². The van der Waals surface area contributed by atoms with Gasteiger partial charge in [0, 0.05) is 6.54 Å². The van der Waals surface area contributed by atoms with E-state index in [2.05, 4.69) is 20.5 Å². The van der Waals surface area contributed by atoms with Crippen LogP contribution in [-0.4, -0.2) is 21.7 Å². The molecule has 4 N–H and O–H groups in total. The second-order valence-electron chi connectivity index (χ2n) is 6.85. The number of hydrogen-bond acceptors (Lipinski definition) is 4. The van der Waals surface area contributed by atoms with Gasteiger partial charge in [-0.15, -0.1) is 5.10 Å². The Morgan fingerprint density at radius 3 is 2.37 bits per heavy atom. The maximum atomic E-state index is 5.52. The molecule has 5 nitrogen and oxygen atoms in total. The van der Waals surface area contributed by atoms with Crippen LogP contribution in [0.5, 0.6) is 0 Å². The SMILES string of the molecule is Nc1nc(NCCC2C3CC4CC(C3)CC2C4)n[nH]1. The molecule has 0 aliphatic heterocycles. The molecule has 0 spiro atoms. The predicted molar refractivity (Wildman–Crippen MR) is 74.4 cm³/mol. The summed E-state index contributed by atoms with van der Waals surface area (Å²) < 4.78 is 0. The molecular formula is C14H23N5. The van der Waals surface area contributed by atoms with Crippen LogP contribution in [0.25, 0.3) is 0 Å². The summed E-state index contributed by atoms with van der Waals surface area (Å²) in [5.41, 5.74) is 5.52. The van der Waals surface area contributed by atoms with Crippen LogP contribution in [0.3, 0.4) is 0 Å². The number of aromatic amines is 1. The molecule has 0 saturated heterocycles. The Labute approximate surface area is 113 Å². The summed E-state index contributed by atoms with van der Waals surface area (Å²) >= 11 is 0.